The Bertz CT molecular complexity index is 905. The van der Waals surface area contributed by atoms with Gasteiger partial charge in [0.25, 0.3) is 0 Å². The maximum absolute atomic E-state index is 12.5. The molecule has 8 nitrogen and oxygen atoms in total. The van der Waals surface area contributed by atoms with Crippen molar-refractivity contribution in [3.8, 4) is 5.82 Å². The van der Waals surface area contributed by atoms with Crippen molar-refractivity contribution in [3.63, 3.8) is 0 Å². The number of amides is 1. The number of piperidine rings is 1. The zero-order valence-corrected chi connectivity index (χ0v) is 15.3. The molecular weight excluding hydrogens is 366 g/mol. The van der Waals surface area contributed by atoms with Gasteiger partial charge in [0.2, 0.25) is 11.9 Å². The van der Waals surface area contributed by atoms with E-state index < -0.39 is 0 Å². The van der Waals surface area contributed by atoms with Crippen LogP contribution < -0.4 is 10.2 Å². The van der Waals surface area contributed by atoms with E-state index in [9.17, 15) is 4.79 Å². The van der Waals surface area contributed by atoms with Crippen LogP contribution in [0.1, 0.15) is 12.8 Å². The van der Waals surface area contributed by atoms with E-state index in [2.05, 4.69) is 30.3 Å². The Morgan fingerprint density at radius 2 is 1.93 bits per heavy atom. The van der Waals surface area contributed by atoms with Gasteiger partial charge in [-0.25, -0.2) is 14.6 Å². The van der Waals surface area contributed by atoms with E-state index in [0.29, 0.717) is 10.8 Å². The summed E-state index contributed by atoms with van der Waals surface area (Å²) in [5, 5.41) is 7.68. The number of aromatic nitrogens is 5. The van der Waals surface area contributed by atoms with Gasteiger partial charge in [-0.2, -0.15) is 4.98 Å². The molecule has 3 aromatic heterocycles. The molecule has 1 amide bonds. The van der Waals surface area contributed by atoms with E-state index in [-0.39, 0.29) is 17.8 Å². The fraction of sp³-hybridized carbons (Fsp3) is 0.278. The minimum absolute atomic E-state index is 0.0579. The Balaban J connectivity index is 1.33. The maximum atomic E-state index is 12.5. The van der Waals surface area contributed by atoms with Crippen molar-refractivity contribution in [2.45, 2.75) is 12.8 Å². The summed E-state index contributed by atoms with van der Waals surface area (Å²) in [6.45, 7) is 1.53. The predicted octanol–water partition coefficient (Wildman–Crippen LogP) is 2.57. The summed E-state index contributed by atoms with van der Waals surface area (Å²) < 4.78 is 1.53. The lowest BCUT2D eigenvalue weighted by Gasteiger charge is -2.31. The molecule has 0 bridgehead atoms. The van der Waals surface area contributed by atoms with Crippen molar-refractivity contribution >= 4 is 29.3 Å². The van der Waals surface area contributed by atoms with Gasteiger partial charge in [0.05, 0.1) is 5.02 Å². The number of pyridine rings is 2. The molecule has 0 spiro atoms. The van der Waals surface area contributed by atoms with Crippen LogP contribution in [0.3, 0.4) is 0 Å². The van der Waals surface area contributed by atoms with Gasteiger partial charge in [-0.3, -0.25) is 10.1 Å². The molecule has 4 heterocycles. The molecule has 0 aliphatic carbocycles. The number of hydrogen-bond acceptors (Lipinski definition) is 6. The van der Waals surface area contributed by atoms with Gasteiger partial charge in [0.1, 0.15) is 12.1 Å². The fourth-order valence-corrected chi connectivity index (χ4v) is 3.17. The minimum atomic E-state index is -0.0737. The van der Waals surface area contributed by atoms with Crippen LogP contribution in [0.2, 0.25) is 5.02 Å². The van der Waals surface area contributed by atoms with Crippen LogP contribution in [0.5, 0.6) is 0 Å². The number of nitrogens with zero attached hydrogens (tertiary/aromatic N) is 6. The van der Waals surface area contributed by atoms with Crippen LogP contribution in [0, 0.1) is 5.92 Å². The van der Waals surface area contributed by atoms with Crippen molar-refractivity contribution in [2.24, 2.45) is 5.92 Å². The highest BCUT2D eigenvalue weighted by molar-refractivity contribution is 6.30. The van der Waals surface area contributed by atoms with Crippen molar-refractivity contribution in [1.82, 2.24) is 24.7 Å². The normalized spacial score (nSPS) is 14.9. The summed E-state index contributed by atoms with van der Waals surface area (Å²) in [4.78, 5) is 27.4. The van der Waals surface area contributed by atoms with Crippen LogP contribution in [-0.2, 0) is 4.79 Å². The van der Waals surface area contributed by atoms with E-state index in [1.165, 1.54) is 11.0 Å². The number of carbonyl (C=O) groups is 1. The standard InChI is InChI=1S/C18H18ClN7O/c19-14-4-5-15(21-11-14)25-9-6-13(7-10-25)17(27)23-18-22-12-26(24-18)16-3-1-2-8-20-16/h1-5,8,11-13H,6-7,9-10H2,(H,23,24,27). The van der Waals surface area contributed by atoms with E-state index >= 15 is 0 Å². The summed E-state index contributed by atoms with van der Waals surface area (Å²) >= 11 is 5.88. The zero-order chi connectivity index (χ0) is 18.6. The fourth-order valence-electron chi connectivity index (χ4n) is 3.06. The van der Waals surface area contributed by atoms with Crippen molar-refractivity contribution in [1.29, 1.82) is 0 Å². The first kappa shape index (κ1) is 17.4. The second kappa shape index (κ2) is 7.71. The van der Waals surface area contributed by atoms with Gasteiger partial charge >= 0.3 is 0 Å². The second-order valence-corrected chi connectivity index (χ2v) is 6.72. The molecule has 1 fully saturated rings. The Labute approximate surface area is 161 Å². The van der Waals surface area contributed by atoms with Crippen LogP contribution in [0.15, 0.2) is 49.1 Å². The van der Waals surface area contributed by atoms with Crippen LogP contribution in [0.4, 0.5) is 11.8 Å². The Morgan fingerprint density at radius 1 is 1.07 bits per heavy atom. The second-order valence-electron chi connectivity index (χ2n) is 6.29. The van der Waals surface area contributed by atoms with Gasteiger partial charge in [-0.05, 0) is 37.1 Å². The largest absolute Gasteiger partial charge is 0.357 e. The van der Waals surface area contributed by atoms with Gasteiger partial charge < -0.3 is 4.90 Å². The Kier molecular flexibility index (Phi) is 4.97. The summed E-state index contributed by atoms with van der Waals surface area (Å²) in [6.07, 6.45) is 6.35. The molecule has 1 saturated heterocycles. The molecule has 4 rings (SSSR count). The lowest BCUT2D eigenvalue weighted by Crippen LogP contribution is -2.38. The van der Waals surface area contributed by atoms with Gasteiger partial charge in [0, 0.05) is 31.4 Å². The molecule has 1 N–H and O–H groups in total. The molecule has 27 heavy (non-hydrogen) atoms. The number of anilines is 2. The maximum Gasteiger partial charge on any atom is 0.249 e. The molecule has 0 aromatic carbocycles. The molecule has 138 valence electrons. The van der Waals surface area contributed by atoms with Crippen LogP contribution in [0.25, 0.3) is 5.82 Å². The van der Waals surface area contributed by atoms with Crippen molar-refractivity contribution in [2.75, 3.05) is 23.3 Å². The van der Waals surface area contributed by atoms with E-state index in [1.807, 2.05) is 30.3 Å². The Hall–Kier alpha value is -3.00. The highest BCUT2D eigenvalue weighted by atomic mass is 35.5. The molecule has 1 aliphatic rings. The number of carbonyl (C=O) groups excluding carboxylic acids is 1. The highest BCUT2D eigenvalue weighted by Crippen LogP contribution is 2.23. The SMILES string of the molecule is O=C(Nc1ncn(-c2ccccn2)n1)C1CCN(c2ccc(Cl)cn2)CC1. The average Bonchev–Trinajstić information content (AvgIpc) is 3.18. The predicted molar refractivity (Wildman–Crippen MR) is 102 cm³/mol. The topological polar surface area (TPSA) is 88.8 Å². The van der Waals surface area contributed by atoms with Crippen LogP contribution >= 0.6 is 11.6 Å². The average molecular weight is 384 g/mol. The first-order valence-corrected chi connectivity index (χ1v) is 9.07. The summed E-state index contributed by atoms with van der Waals surface area (Å²) in [5.74, 6) is 1.68. The van der Waals surface area contributed by atoms with Gasteiger partial charge in [-0.1, -0.05) is 17.7 Å². The third-order valence-corrected chi connectivity index (χ3v) is 4.74. The summed E-state index contributed by atoms with van der Waals surface area (Å²) in [5.41, 5.74) is 0. The molecule has 0 radical (unpaired) electrons. The quantitative estimate of drug-likeness (QED) is 0.744. The van der Waals surface area contributed by atoms with E-state index in [1.54, 1.807) is 12.4 Å². The third-order valence-electron chi connectivity index (χ3n) is 4.51. The monoisotopic (exact) mass is 383 g/mol. The number of hydrogen-bond donors (Lipinski definition) is 1. The molecule has 1 aliphatic heterocycles. The third kappa shape index (κ3) is 4.06. The van der Waals surface area contributed by atoms with Gasteiger partial charge in [-0.15, -0.1) is 5.10 Å². The van der Waals surface area contributed by atoms with Gasteiger partial charge in [0.15, 0.2) is 5.82 Å². The molecular formula is C18H18ClN7O. The lowest BCUT2D eigenvalue weighted by atomic mass is 9.96. The molecule has 0 atom stereocenters. The molecule has 0 saturated carbocycles. The number of halogens is 1. The van der Waals surface area contributed by atoms with E-state index in [4.69, 9.17) is 11.6 Å². The molecule has 3 aromatic rings. The summed E-state index contributed by atoms with van der Waals surface area (Å²) in [7, 11) is 0. The first-order chi connectivity index (χ1) is 13.2. The smallest absolute Gasteiger partial charge is 0.249 e. The lowest BCUT2D eigenvalue weighted by molar-refractivity contribution is -0.120. The molecule has 9 heteroatoms. The van der Waals surface area contributed by atoms with Crippen molar-refractivity contribution < 1.29 is 4.79 Å². The Morgan fingerprint density at radius 3 is 2.63 bits per heavy atom. The van der Waals surface area contributed by atoms with E-state index in [0.717, 1.165) is 31.7 Å². The van der Waals surface area contributed by atoms with Crippen LogP contribution in [-0.4, -0.2) is 43.7 Å². The highest BCUT2D eigenvalue weighted by Gasteiger charge is 2.26. The first-order valence-electron chi connectivity index (χ1n) is 8.69. The molecule has 0 unspecified atom stereocenters. The van der Waals surface area contributed by atoms with Crippen molar-refractivity contribution in [3.05, 3.63) is 54.1 Å². The number of rotatable bonds is 4. The summed E-state index contributed by atoms with van der Waals surface area (Å²) in [6, 6.07) is 9.24. The zero-order valence-electron chi connectivity index (χ0n) is 14.5. The minimum Gasteiger partial charge on any atom is -0.357 e. The number of nitrogens with one attached hydrogen (secondary N) is 1.